The first kappa shape index (κ1) is 56.2. The molecule has 2 aromatic heterocycles. The highest BCUT2D eigenvalue weighted by Gasteiger charge is 2.40. The van der Waals surface area contributed by atoms with Gasteiger partial charge in [-0.05, 0) is 128 Å². The first-order chi connectivity index (χ1) is 37.7. The predicted octanol–water partition coefficient (Wildman–Crippen LogP) is 8.31. The number of rotatable bonds is 26. The van der Waals surface area contributed by atoms with Crippen molar-refractivity contribution in [2.45, 2.75) is 128 Å². The number of aryl methyl sites for hydroxylation is 2. The fourth-order valence-electron chi connectivity index (χ4n) is 10.1. The molecule has 4 heterocycles. The van der Waals surface area contributed by atoms with Crippen LogP contribution >= 0.6 is 0 Å². The van der Waals surface area contributed by atoms with Crippen molar-refractivity contribution in [2.75, 3.05) is 25.1 Å². The number of anilines is 1. The van der Waals surface area contributed by atoms with E-state index in [1.54, 1.807) is 36.4 Å². The van der Waals surface area contributed by atoms with Crippen LogP contribution in [0.4, 0.5) is 10.1 Å². The van der Waals surface area contributed by atoms with E-state index in [0.717, 1.165) is 49.0 Å². The van der Waals surface area contributed by atoms with Gasteiger partial charge in [-0.15, -0.1) is 5.10 Å². The molecular weight excluding hydrogens is 998 g/mol. The van der Waals surface area contributed by atoms with Gasteiger partial charge in [0.15, 0.2) is 0 Å². The van der Waals surface area contributed by atoms with E-state index in [0.29, 0.717) is 83.1 Å². The number of benzene rings is 4. The summed E-state index contributed by atoms with van der Waals surface area (Å²) >= 11 is 0. The fourth-order valence-corrected chi connectivity index (χ4v) is 10.1. The molecule has 3 atom stereocenters. The Labute approximate surface area is 452 Å². The minimum atomic E-state index is -1.24. The zero-order chi connectivity index (χ0) is 55.1. The Hall–Kier alpha value is -7.98. The second-order valence-electron chi connectivity index (χ2n) is 20.0. The largest absolute Gasteiger partial charge is 0.494 e. The molecule has 1 fully saturated rings. The molecule has 0 saturated carbocycles. The Morgan fingerprint density at radius 2 is 1.67 bits per heavy atom. The van der Waals surface area contributed by atoms with E-state index in [9.17, 15) is 43.7 Å². The summed E-state index contributed by atoms with van der Waals surface area (Å²) in [7, 11) is 0. The number of halogens is 1. The number of carboxylic acid groups (broad SMARTS) is 1. The minimum Gasteiger partial charge on any atom is -0.494 e. The average Bonchev–Trinajstić information content (AvgIpc) is 4.15. The third-order valence-corrected chi connectivity index (χ3v) is 13.8. The van der Waals surface area contributed by atoms with Gasteiger partial charge in [-0.1, -0.05) is 80.1 Å². The molecule has 0 aliphatic carbocycles. The second-order valence-corrected chi connectivity index (χ2v) is 20.0. The van der Waals surface area contributed by atoms with Crippen LogP contribution in [0.15, 0.2) is 103 Å². The van der Waals surface area contributed by atoms with Crippen molar-refractivity contribution >= 4 is 35.3 Å². The fraction of sp³-hybridized carbons (Fsp3) is 0.383. The number of carboxylic acids is 1. The average molecular weight is 1060 g/mol. The number of aliphatic hydroxyl groups excluding tert-OH is 2. The van der Waals surface area contributed by atoms with Crippen molar-refractivity contribution in [3.8, 4) is 40.0 Å². The summed E-state index contributed by atoms with van der Waals surface area (Å²) in [5.41, 5.74) is 7.09. The van der Waals surface area contributed by atoms with Crippen molar-refractivity contribution in [2.24, 2.45) is 0 Å². The van der Waals surface area contributed by atoms with Gasteiger partial charge in [0.2, 0.25) is 11.8 Å². The molecule has 0 spiro atoms. The number of nitrogens with one attached hydrogen (secondary N) is 2. The topological polar surface area (TPSA) is 227 Å². The lowest BCUT2D eigenvalue weighted by Crippen LogP contribution is -2.52. The number of aromatic nitrogens is 4. The molecule has 6 aromatic rings. The van der Waals surface area contributed by atoms with Crippen LogP contribution in [0.5, 0.6) is 5.75 Å². The molecule has 408 valence electrons. The van der Waals surface area contributed by atoms with Crippen LogP contribution < -0.4 is 15.4 Å². The van der Waals surface area contributed by atoms with Crippen LogP contribution in [-0.2, 0) is 45.2 Å². The van der Waals surface area contributed by atoms with Crippen molar-refractivity contribution < 1.29 is 53.2 Å². The summed E-state index contributed by atoms with van der Waals surface area (Å²) in [4.78, 5) is 64.6. The quantitative estimate of drug-likeness (QED) is 0.0196. The number of amides is 4. The lowest BCUT2D eigenvalue weighted by Gasteiger charge is -2.29. The van der Waals surface area contributed by atoms with Crippen LogP contribution in [0.1, 0.15) is 127 Å². The third kappa shape index (κ3) is 14.5. The number of piperidine rings is 1. The maximum atomic E-state index is 14.7. The smallest absolute Gasteiger partial charge is 0.305 e. The summed E-state index contributed by atoms with van der Waals surface area (Å²) in [6, 6.07) is 27.3. The molecule has 4 amide bonds. The molecule has 8 rings (SSSR count). The number of para-hydroxylation sites is 1. The molecule has 5 N–H and O–H groups in total. The summed E-state index contributed by atoms with van der Waals surface area (Å²) in [6.07, 6.45) is 4.73. The maximum Gasteiger partial charge on any atom is 0.305 e. The molecule has 0 radical (unpaired) electrons. The van der Waals surface area contributed by atoms with Gasteiger partial charge in [-0.3, -0.25) is 34.0 Å². The Kier molecular flexibility index (Phi) is 19.4. The molecule has 17 nitrogen and oxygen atoms in total. The molecule has 78 heavy (non-hydrogen) atoms. The van der Waals surface area contributed by atoms with E-state index in [2.05, 4.69) is 32.8 Å². The van der Waals surface area contributed by atoms with Crippen molar-refractivity contribution in [1.29, 1.82) is 0 Å². The van der Waals surface area contributed by atoms with Crippen LogP contribution in [0.25, 0.3) is 22.4 Å². The molecule has 2 aliphatic rings. The lowest BCUT2D eigenvalue weighted by atomic mass is 9.94. The van der Waals surface area contributed by atoms with Gasteiger partial charge in [0.05, 0.1) is 42.2 Å². The van der Waals surface area contributed by atoms with Gasteiger partial charge in [-0.25, -0.2) is 4.39 Å². The number of carbonyl (C=O) groups is 5. The highest BCUT2D eigenvalue weighted by Crippen LogP contribution is 2.44. The zero-order valence-corrected chi connectivity index (χ0v) is 44.0. The second kappa shape index (κ2) is 26.9. The van der Waals surface area contributed by atoms with Crippen molar-refractivity contribution in [3.05, 3.63) is 143 Å². The van der Waals surface area contributed by atoms with Gasteiger partial charge < -0.3 is 39.6 Å². The van der Waals surface area contributed by atoms with Crippen molar-refractivity contribution in [1.82, 2.24) is 29.8 Å². The summed E-state index contributed by atoms with van der Waals surface area (Å²) < 4.78 is 30.4. The summed E-state index contributed by atoms with van der Waals surface area (Å²) in [5, 5.41) is 44.7. The maximum absolute atomic E-state index is 14.7. The molecule has 1 unspecified atom stereocenters. The van der Waals surface area contributed by atoms with E-state index < -0.39 is 42.4 Å². The first-order valence-electron chi connectivity index (χ1n) is 26.7. The van der Waals surface area contributed by atoms with E-state index >= 15 is 0 Å². The number of nitrogens with zero attached hydrogens (tertiary/aromatic N) is 5. The molecule has 2 aliphatic heterocycles. The van der Waals surface area contributed by atoms with Crippen LogP contribution in [0, 0.1) is 17.7 Å². The Morgan fingerprint density at radius 1 is 0.885 bits per heavy atom. The third-order valence-electron chi connectivity index (χ3n) is 13.8. The predicted molar refractivity (Wildman–Crippen MR) is 290 cm³/mol. The lowest BCUT2D eigenvalue weighted by molar-refractivity contribution is -0.140. The number of fused-ring (bicyclic) bond motifs is 1. The van der Waals surface area contributed by atoms with Gasteiger partial charge >= 0.3 is 5.97 Å². The summed E-state index contributed by atoms with van der Waals surface area (Å²) in [5.74, 6) is 3.60. The number of carbonyl (C=O) groups excluding carboxylic acids is 4. The van der Waals surface area contributed by atoms with Crippen molar-refractivity contribution in [3.63, 3.8) is 0 Å². The first-order valence-corrected chi connectivity index (χ1v) is 26.7. The monoisotopic (exact) mass is 1060 g/mol. The van der Waals surface area contributed by atoms with E-state index in [4.69, 9.17) is 9.47 Å². The summed E-state index contributed by atoms with van der Waals surface area (Å²) in [6.45, 7) is 6.34. The molecule has 1 saturated heterocycles. The van der Waals surface area contributed by atoms with Gasteiger partial charge in [0.25, 0.3) is 11.8 Å². The molecule has 4 aromatic carbocycles. The zero-order valence-electron chi connectivity index (χ0n) is 44.0. The highest BCUT2D eigenvalue weighted by atomic mass is 19.1. The SMILES string of the molecule is CC(C)c1c(C(=O)Nc2ccccc2)c(-c2cccc(OCCCc3cn(CCCCCCOCC#Cc4cccc5c4CN(C4CCC(=O)NC4=O)C5=O)nn3)c2)c(-c2ccc(F)cc2)n1CC[C@@H](O)C[C@@H](O)CC(=O)O. The van der Waals surface area contributed by atoms with E-state index in [-0.39, 0.29) is 62.6 Å². The molecule has 18 heteroatoms. The molecular formula is C60H66FN7O10. The van der Waals surface area contributed by atoms with Crippen LogP contribution in [0.3, 0.4) is 0 Å². The Balaban J connectivity index is 0.838. The number of hydrogen-bond acceptors (Lipinski definition) is 11. The molecule has 0 bridgehead atoms. The Bertz CT molecular complexity index is 3140. The number of ether oxygens (including phenoxy) is 2. The number of hydrogen-bond donors (Lipinski definition) is 5. The van der Waals surface area contributed by atoms with Crippen LogP contribution in [-0.4, -0.2) is 107 Å². The normalized spacial score (nSPS) is 14.9. The van der Waals surface area contributed by atoms with Gasteiger partial charge in [0, 0.05) is 66.9 Å². The number of unbranched alkanes of at least 4 members (excludes halogenated alkanes) is 3. The number of aliphatic hydroxyl groups is 2. The standard InChI is InChI=1S/C60H66FN7O10/c1-39(2)56-55(59(75)62-44-17-6-5-7-18-44)54(57(41-22-24-43(61)25-23-41)67(56)30-28-46(69)35-47(70)36-53(72)73)42-15-10-20-48(34-42)78-33-13-19-45-37-66(65-64-45)29-8-3-4-9-31-77-32-12-16-40-14-11-21-49-50(40)38-68(60(49)76)51-26-27-52(71)63-58(51)74/h5-7,10-11,14-15,17-18,20-25,34,37,39,46-47,51,69-70H,3-4,8-9,13,19,26-33,35-36,38H2,1-2H3,(H,62,75)(H,72,73)(H,63,71,74)/t46-,47-,51?/m1/s1. The Morgan fingerprint density at radius 3 is 2.44 bits per heavy atom. The minimum absolute atomic E-state index is 0.134. The number of aliphatic carboxylic acids is 1. The van der Waals surface area contributed by atoms with Gasteiger partial charge in [0.1, 0.15) is 24.2 Å². The highest BCUT2D eigenvalue weighted by molar-refractivity contribution is 6.12. The van der Waals surface area contributed by atoms with E-state index in [1.165, 1.54) is 17.0 Å². The van der Waals surface area contributed by atoms with Gasteiger partial charge in [-0.2, -0.15) is 0 Å². The number of imide groups is 1. The van der Waals surface area contributed by atoms with Crippen LogP contribution in [0.2, 0.25) is 0 Å². The van der Waals surface area contributed by atoms with E-state index in [1.807, 2.05) is 77.8 Å².